The van der Waals surface area contributed by atoms with Crippen LogP contribution in [-0.4, -0.2) is 70.6 Å². The van der Waals surface area contributed by atoms with E-state index in [1.54, 1.807) is 26.0 Å². The predicted molar refractivity (Wildman–Crippen MR) is 161 cm³/mol. The number of fused-ring (bicyclic) bond motifs is 3. The van der Waals surface area contributed by atoms with Gasteiger partial charge in [0.25, 0.3) is 11.8 Å². The number of likely N-dealkylation sites (N-methyl/N-ethyl adjacent to an activating group) is 1. The van der Waals surface area contributed by atoms with Gasteiger partial charge in [-0.2, -0.15) is 18.3 Å². The second-order valence-electron chi connectivity index (χ2n) is 12.0. The van der Waals surface area contributed by atoms with E-state index < -0.39 is 62.4 Å². The second kappa shape index (κ2) is 11.4. The standard InChI is InChI=1S/C31H31ClF3N5O5S/c1-16-12-25-22(14-38(16)29(42)19-6-11-24(32)23(13-19)31(33,34)35)27-30(43)39(15-26(28(41)36-3)40(27)37-25)17(2)18-4-7-20(8-5-18)46(44,45)21-9-10-21/h4-8,11,13,16-17,21,26H,9-10,12,14-15H2,1-3H3,(H,36,41)/t16-,17?,26+/m1/s1. The molecule has 46 heavy (non-hydrogen) atoms. The molecule has 1 aliphatic carbocycles. The average Bonchev–Trinajstić information content (AvgIpc) is 3.82. The van der Waals surface area contributed by atoms with Crippen LogP contribution in [-0.2, 0) is 33.8 Å². The highest BCUT2D eigenvalue weighted by molar-refractivity contribution is 7.92. The number of amides is 3. The molecule has 1 N–H and O–H groups in total. The molecule has 1 unspecified atom stereocenters. The Morgan fingerprint density at radius 2 is 1.78 bits per heavy atom. The predicted octanol–water partition coefficient (Wildman–Crippen LogP) is 4.58. The van der Waals surface area contributed by atoms with Crippen molar-refractivity contribution in [3.63, 3.8) is 0 Å². The zero-order chi connectivity index (χ0) is 33.3. The molecule has 244 valence electrons. The van der Waals surface area contributed by atoms with Gasteiger partial charge in [-0.1, -0.05) is 23.7 Å². The maximum Gasteiger partial charge on any atom is 0.417 e. The van der Waals surface area contributed by atoms with Gasteiger partial charge in [0.05, 0.1) is 45.6 Å². The van der Waals surface area contributed by atoms with Crippen LogP contribution < -0.4 is 5.32 Å². The van der Waals surface area contributed by atoms with E-state index in [0.717, 1.165) is 12.1 Å². The molecule has 1 aromatic heterocycles. The van der Waals surface area contributed by atoms with Crippen LogP contribution in [0.5, 0.6) is 0 Å². The Morgan fingerprint density at radius 3 is 2.39 bits per heavy atom. The molecule has 2 aromatic carbocycles. The second-order valence-corrected chi connectivity index (χ2v) is 14.6. The van der Waals surface area contributed by atoms with Crippen molar-refractivity contribution in [1.29, 1.82) is 0 Å². The number of carbonyl (C=O) groups excluding carboxylic acids is 3. The summed E-state index contributed by atoms with van der Waals surface area (Å²) in [5.74, 6) is -1.50. The van der Waals surface area contributed by atoms with Crippen LogP contribution in [0.15, 0.2) is 47.4 Å². The average molecular weight is 678 g/mol. The summed E-state index contributed by atoms with van der Waals surface area (Å²) in [6.45, 7) is 3.38. The Balaban J connectivity index is 1.34. The fraction of sp³-hybridized carbons (Fsp3) is 0.419. The van der Waals surface area contributed by atoms with E-state index in [1.807, 2.05) is 0 Å². The first-order valence-electron chi connectivity index (χ1n) is 14.8. The van der Waals surface area contributed by atoms with Gasteiger partial charge in [-0.3, -0.25) is 14.4 Å². The van der Waals surface area contributed by atoms with Crippen LogP contribution in [0.3, 0.4) is 0 Å². The minimum Gasteiger partial charge on any atom is -0.357 e. The summed E-state index contributed by atoms with van der Waals surface area (Å²) < 4.78 is 67.4. The number of nitrogens with zero attached hydrogens (tertiary/aromatic N) is 4. The maximum absolute atomic E-state index is 14.2. The number of hydrogen-bond donors (Lipinski definition) is 1. The number of rotatable bonds is 6. The molecule has 0 radical (unpaired) electrons. The third-order valence-corrected chi connectivity index (χ3v) is 11.6. The van der Waals surface area contributed by atoms with Gasteiger partial charge in [0.15, 0.2) is 9.84 Å². The first kappa shape index (κ1) is 32.0. The molecule has 3 aliphatic rings. The lowest BCUT2D eigenvalue weighted by Gasteiger charge is -2.38. The van der Waals surface area contributed by atoms with Crippen molar-refractivity contribution in [2.75, 3.05) is 13.6 Å². The molecule has 0 spiro atoms. The summed E-state index contributed by atoms with van der Waals surface area (Å²) in [7, 11) is -1.93. The Labute approximate surface area is 268 Å². The molecule has 10 nitrogen and oxygen atoms in total. The van der Waals surface area contributed by atoms with Gasteiger partial charge in [0.1, 0.15) is 11.7 Å². The van der Waals surface area contributed by atoms with Gasteiger partial charge < -0.3 is 15.1 Å². The number of nitrogens with one attached hydrogen (secondary N) is 1. The van der Waals surface area contributed by atoms with E-state index >= 15 is 0 Å². The highest BCUT2D eigenvalue weighted by atomic mass is 35.5. The summed E-state index contributed by atoms with van der Waals surface area (Å²) in [6.07, 6.45) is -3.27. The minimum absolute atomic E-state index is 0.0153. The van der Waals surface area contributed by atoms with E-state index in [1.165, 1.54) is 39.7 Å². The molecule has 6 rings (SSSR count). The molecular weight excluding hydrogens is 647 g/mol. The molecule has 3 heterocycles. The molecule has 1 fully saturated rings. The van der Waals surface area contributed by atoms with Crippen molar-refractivity contribution in [3.05, 3.63) is 81.1 Å². The Morgan fingerprint density at radius 1 is 1.11 bits per heavy atom. The molecule has 0 bridgehead atoms. The summed E-state index contributed by atoms with van der Waals surface area (Å²) in [6, 6.07) is 7.42. The van der Waals surface area contributed by atoms with Crippen LogP contribution in [0.25, 0.3) is 0 Å². The molecule has 3 aromatic rings. The van der Waals surface area contributed by atoms with Crippen LogP contribution in [0, 0.1) is 0 Å². The van der Waals surface area contributed by atoms with Gasteiger partial charge in [-0.15, -0.1) is 0 Å². The van der Waals surface area contributed by atoms with Crippen molar-refractivity contribution in [1.82, 2.24) is 24.9 Å². The number of halogens is 4. The third kappa shape index (κ3) is 5.44. The number of sulfone groups is 1. The monoisotopic (exact) mass is 677 g/mol. The van der Waals surface area contributed by atoms with Gasteiger partial charge in [0.2, 0.25) is 5.91 Å². The highest BCUT2D eigenvalue weighted by Gasteiger charge is 2.44. The Bertz CT molecular complexity index is 1860. The normalized spacial score (nSPS) is 20.6. The molecule has 1 saturated carbocycles. The summed E-state index contributed by atoms with van der Waals surface area (Å²) in [5, 5.41) is 6.36. The topological polar surface area (TPSA) is 122 Å². The van der Waals surface area contributed by atoms with Crippen molar-refractivity contribution in [2.45, 2.75) is 74.1 Å². The Kier molecular flexibility index (Phi) is 7.95. The molecule has 3 amide bonds. The maximum atomic E-state index is 14.2. The van der Waals surface area contributed by atoms with Crippen LogP contribution >= 0.6 is 11.6 Å². The Hall–Kier alpha value is -3.91. The van der Waals surface area contributed by atoms with Crippen molar-refractivity contribution in [3.8, 4) is 0 Å². The first-order chi connectivity index (χ1) is 21.6. The lowest BCUT2D eigenvalue weighted by atomic mass is 9.96. The number of carbonyl (C=O) groups is 3. The largest absolute Gasteiger partial charge is 0.417 e. The van der Waals surface area contributed by atoms with Crippen LogP contribution in [0.1, 0.15) is 82.0 Å². The molecule has 3 atom stereocenters. The number of hydrogen-bond acceptors (Lipinski definition) is 6. The van der Waals surface area contributed by atoms with Gasteiger partial charge in [0, 0.05) is 30.6 Å². The quantitative estimate of drug-likeness (QED) is 0.408. The van der Waals surface area contributed by atoms with E-state index in [9.17, 15) is 36.0 Å². The number of alkyl halides is 3. The van der Waals surface area contributed by atoms with Gasteiger partial charge in [-0.05, 0) is 62.6 Å². The molecule has 0 saturated heterocycles. The lowest BCUT2D eigenvalue weighted by molar-refractivity contribution is -0.137. The van der Waals surface area contributed by atoms with Crippen LogP contribution in [0.4, 0.5) is 13.2 Å². The van der Waals surface area contributed by atoms with Gasteiger partial charge >= 0.3 is 6.18 Å². The zero-order valence-corrected chi connectivity index (χ0v) is 26.7. The summed E-state index contributed by atoms with van der Waals surface area (Å²) >= 11 is 5.77. The fourth-order valence-corrected chi connectivity index (χ4v) is 8.07. The van der Waals surface area contributed by atoms with E-state index in [-0.39, 0.29) is 40.9 Å². The van der Waals surface area contributed by atoms with Crippen molar-refractivity contribution < 1.29 is 36.0 Å². The lowest BCUT2D eigenvalue weighted by Crippen LogP contribution is -2.49. The van der Waals surface area contributed by atoms with E-state index in [4.69, 9.17) is 11.6 Å². The zero-order valence-electron chi connectivity index (χ0n) is 25.1. The molecule has 15 heteroatoms. The van der Waals surface area contributed by atoms with Crippen molar-refractivity contribution in [2.24, 2.45) is 0 Å². The summed E-state index contributed by atoms with van der Waals surface area (Å²) in [5.41, 5.74) is 0.383. The first-order valence-corrected chi connectivity index (χ1v) is 16.7. The van der Waals surface area contributed by atoms with E-state index in [0.29, 0.717) is 29.7 Å². The van der Waals surface area contributed by atoms with E-state index in [2.05, 4.69) is 10.4 Å². The molecular formula is C31H31ClF3N5O5S. The van der Waals surface area contributed by atoms with Gasteiger partial charge in [-0.25, -0.2) is 13.1 Å². The fourth-order valence-electron chi connectivity index (χ4n) is 6.19. The third-order valence-electron chi connectivity index (χ3n) is 9.02. The highest BCUT2D eigenvalue weighted by Crippen LogP contribution is 2.39. The smallest absolute Gasteiger partial charge is 0.357 e. The van der Waals surface area contributed by atoms with Crippen LogP contribution in [0.2, 0.25) is 5.02 Å². The number of aromatic nitrogens is 2. The van der Waals surface area contributed by atoms with Crippen molar-refractivity contribution >= 4 is 39.2 Å². The minimum atomic E-state index is -4.76. The summed E-state index contributed by atoms with van der Waals surface area (Å²) in [4.78, 5) is 44.0. The molecule has 2 aliphatic heterocycles. The number of benzene rings is 2. The SMILES string of the molecule is CNC(=O)[C@@H]1CN(C(C)c2ccc(S(=O)(=O)C3CC3)cc2)C(=O)c2c3c(nn21)C[C@@H](C)N(C(=O)c1ccc(Cl)c(C(F)(F)F)c1)C3.